The molecule has 0 aliphatic heterocycles. The van der Waals surface area contributed by atoms with Gasteiger partial charge in [0.2, 0.25) is 0 Å². The standard InChI is InChI=1S/C20H28ClN5/c1-4-26(5-2)19(17-11-6-7-12-18(17)21)15-25-20(22-3)24-14-16-10-8-9-13-23-16/h6-13,19H,4-5,14-15H2,1-3H3,(H2,22,24,25). The number of likely N-dealkylation sites (N-methyl/N-ethyl adjacent to an activating group) is 1. The van der Waals surface area contributed by atoms with Gasteiger partial charge in [0.25, 0.3) is 0 Å². The van der Waals surface area contributed by atoms with Gasteiger partial charge < -0.3 is 10.6 Å². The van der Waals surface area contributed by atoms with Crippen LogP contribution in [0.1, 0.15) is 31.1 Å². The average Bonchev–Trinajstić information content (AvgIpc) is 2.69. The molecule has 0 amide bonds. The van der Waals surface area contributed by atoms with Crippen molar-refractivity contribution in [1.82, 2.24) is 20.5 Å². The lowest BCUT2D eigenvalue weighted by Crippen LogP contribution is -2.43. The first-order valence-corrected chi connectivity index (χ1v) is 9.40. The van der Waals surface area contributed by atoms with Gasteiger partial charge in [-0.05, 0) is 36.9 Å². The topological polar surface area (TPSA) is 52.5 Å². The summed E-state index contributed by atoms with van der Waals surface area (Å²) in [5.41, 5.74) is 2.10. The van der Waals surface area contributed by atoms with E-state index in [1.54, 1.807) is 13.2 Å². The van der Waals surface area contributed by atoms with Gasteiger partial charge in [-0.1, -0.05) is 49.7 Å². The molecule has 1 unspecified atom stereocenters. The summed E-state index contributed by atoms with van der Waals surface area (Å²) in [6.07, 6.45) is 1.79. The number of aliphatic imine (C=N–C) groups is 1. The maximum atomic E-state index is 6.46. The first kappa shape index (κ1) is 20.2. The van der Waals surface area contributed by atoms with Gasteiger partial charge in [0.1, 0.15) is 0 Å². The zero-order valence-electron chi connectivity index (χ0n) is 15.7. The fourth-order valence-electron chi connectivity index (χ4n) is 2.94. The number of benzene rings is 1. The van der Waals surface area contributed by atoms with Crippen LogP contribution in [-0.4, -0.2) is 42.5 Å². The van der Waals surface area contributed by atoms with E-state index in [4.69, 9.17) is 11.6 Å². The molecule has 26 heavy (non-hydrogen) atoms. The average molecular weight is 374 g/mol. The highest BCUT2D eigenvalue weighted by Crippen LogP contribution is 2.26. The number of nitrogens with one attached hydrogen (secondary N) is 2. The molecular weight excluding hydrogens is 346 g/mol. The summed E-state index contributed by atoms with van der Waals surface area (Å²) in [4.78, 5) is 11.0. The number of hydrogen-bond acceptors (Lipinski definition) is 3. The minimum absolute atomic E-state index is 0.173. The second-order valence-electron chi connectivity index (χ2n) is 5.89. The molecule has 0 aliphatic carbocycles. The van der Waals surface area contributed by atoms with Gasteiger partial charge >= 0.3 is 0 Å². The number of rotatable bonds is 8. The quantitative estimate of drug-likeness (QED) is 0.549. The van der Waals surface area contributed by atoms with E-state index in [0.717, 1.165) is 35.3 Å². The van der Waals surface area contributed by atoms with Crippen LogP contribution in [-0.2, 0) is 6.54 Å². The van der Waals surface area contributed by atoms with E-state index in [2.05, 4.69) is 45.4 Å². The Morgan fingerprint density at radius 2 is 1.85 bits per heavy atom. The smallest absolute Gasteiger partial charge is 0.191 e. The highest BCUT2D eigenvalue weighted by atomic mass is 35.5. The summed E-state index contributed by atoms with van der Waals surface area (Å²) >= 11 is 6.46. The minimum atomic E-state index is 0.173. The molecular formula is C20H28ClN5. The number of guanidine groups is 1. The number of nitrogens with zero attached hydrogens (tertiary/aromatic N) is 3. The van der Waals surface area contributed by atoms with Crippen molar-refractivity contribution in [2.24, 2.45) is 4.99 Å². The van der Waals surface area contributed by atoms with Crippen molar-refractivity contribution >= 4 is 17.6 Å². The zero-order chi connectivity index (χ0) is 18.8. The predicted octanol–water partition coefficient (Wildman–Crippen LogP) is 3.48. The third kappa shape index (κ3) is 5.71. The second-order valence-corrected chi connectivity index (χ2v) is 6.29. The Bertz CT molecular complexity index is 686. The van der Waals surface area contributed by atoms with Crippen LogP contribution in [0.3, 0.4) is 0 Å². The van der Waals surface area contributed by atoms with Gasteiger partial charge in [0.05, 0.1) is 18.3 Å². The largest absolute Gasteiger partial charge is 0.354 e. The van der Waals surface area contributed by atoms with Crippen LogP contribution in [0.15, 0.2) is 53.7 Å². The van der Waals surface area contributed by atoms with Crippen molar-refractivity contribution in [3.05, 3.63) is 64.9 Å². The molecule has 2 aromatic rings. The summed E-state index contributed by atoms with van der Waals surface area (Å²) in [6.45, 7) is 7.58. The fraction of sp³-hybridized carbons (Fsp3) is 0.400. The first-order chi connectivity index (χ1) is 12.7. The van der Waals surface area contributed by atoms with E-state index < -0.39 is 0 Å². The molecule has 5 nitrogen and oxygen atoms in total. The van der Waals surface area contributed by atoms with E-state index >= 15 is 0 Å². The van der Waals surface area contributed by atoms with Gasteiger partial charge in [0.15, 0.2) is 5.96 Å². The maximum absolute atomic E-state index is 6.46. The van der Waals surface area contributed by atoms with Crippen LogP contribution in [0, 0.1) is 0 Å². The Morgan fingerprint density at radius 1 is 1.12 bits per heavy atom. The number of hydrogen-bond donors (Lipinski definition) is 2. The molecule has 0 bridgehead atoms. The van der Waals surface area contributed by atoms with E-state index in [1.165, 1.54) is 0 Å². The summed E-state index contributed by atoms with van der Waals surface area (Å²) in [7, 11) is 1.77. The minimum Gasteiger partial charge on any atom is -0.354 e. The van der Waals surface area contributed by atoms with E-state index in [-0.39, 0.29) is 6.04 Å². The summed E-state index contributed by atoms with van der Waals surface area (Å²) in [5.74, 6) is 0.750. The first-order valence-electron chi connectivity index (χ1n) is 9.02. The number of pyridine rings is 1. The molecule has 0 saturated carbocycles. The molecule has 0 saturated heterocycles. The normalized spacial score (nSPS) is 12.9. The molecule has 1 atom stereocenters. The lowest BCUT2D eigenvalue weighted by molar-refractivity contribution is 0.219. The van der Waals surface area contributed by atoms with Crippen LogP contribution in [0.4, 0.5) is 0 Å². The second kappa shape index (κ2) is 10.8. The van der Waals surface area contributed by atoms with E-state index in [9.17, 15) is 0 Å². The molecule has 1 aromatic carbocycles. The summed E-state index contributed by atoms with van der Waals surface area (Å²) in [6, 6.07) is 14.1. The third-order valence-corrected chi connectivity index (χ3v) is 4.71. The van der Waals surface area contributed by atoms with Crippen molar-refractivity contribution < 1.29 is 0 Å². The molecule has 1 heterocycles. The summed E-state index contributed by atoms with van der Waals surface area (Å²) in [5, 5.41) is 7.53. The SMILES string of the molecule is CCN(CC)C(CNC(=NC)NCc1ccccn1)c1ccccc1Cl. The van der Waals surface area contributed by atoms with Crippen molar-refractivity contribution in [2.45, 2.75) is 26.4 Å². The van der Waals surface area contributed by atoms with Gasteiger partial charge in [-0.15, -0.1) is 0 Å². The highest BCUT2D eigenvalue weighted by Gasteiger charge is 2.20. The van der Waals surface area contributed by atoms with Crippen LogP contribution < -0.4 is 10.6 Å². The zero-order valence-corrected chi connectivity index (χ0v) is 16.5. The Balaban J connectivity index is 2.04. The lowest BCUT2D eigenvalue weighted by atomic mass is 10.0. The molecule has 2 N–H and O–H groups in total. The lowest BCUT2D eigenvalue weighted by Gasteiger charge is -2.31. The fourth-order valence-corrected chi connectivity index (χ4v) is 3.20. The Labute approximate surface area is 161 Å². The maximum Gasteiger partial charge on any atom is 0.191 e. The van der Waals surface area contributed by atoms with Gasteiger partial charge in [0, 0.05) is 24.8 Å². The molecule has 0 radical (unpaired) electrons. The molecule has 2 rings (SSSR count). The molecule has 0 spiro atoms. The van der Waals surface area contributed by atoms with Crippen LogP contribution in [0.2, 0.25) is 5.02 Å². The van der Waals surface area contributed by atoms with Gasteiger partial charge in [-0.3, -0.25) is 14.9 Å². The van der Waals surface area contributed by atoms with E-state index in [1.807, 2.05) is 36.4 Å². The van der Waals surface area contributed by atoms with Crippen LogP contribution in [0.5, 0.6) is 0 Å². The molecule has 140 valence electrons. The number of aromatic nitrogens is 1. The van der Waals surface area contributed by atoms with Crippen LogP contribution in [0.25, 0.3) is 0 Å². The molecule has 6 heteroatoms. The van der Waals surface area contributed by atoms with E-state index in [0.29, 0.717) is 13.1 Å². The monoisotopic (exact) mass is 373 g/mol. The van der Waals surface area contributed by atoms with Gasteiger partial charge in [-0.25, -0.2) is 0 Å². The van der Waals surface area contributed by atoms with Crippen molar-refractivity contribution in [1.29, 1.82) is 0 Å². The Hall–Kier alpha value is -2.11. The van der Waals surface area contributed by atoms with Crippen molar-refractivity contribution in [3.63, 3.8) is 0 Å². The van der Waals surface area contributed by atoms with Crippen molar-refractivity contribution in [2.75, 3.05) is 26.7 Å². The Morgan fingerprint density at radius 3 is 2.46 bits per heavy atom. The van der Waals surface area contributed by atoms with Crippen molar-refractivity contribution in [3.8, 4) is 0 Å². The van der Waals surface area contributed by atoms with Crippen LogP contribution >= 0.6 is 11.6 Å². The van der Waals surface area contributed by atoms with Gasteiger partial charge in [-0.2, -0.15) is 0 Å². The third-order valence-electron chi connectivity index (χ3n) is 4.37. The highest BCUT2D eigenvalue weighted by molar-refractivity contribution is 6.31. The summed E-state index contributed by atoms with van der Waals surface area (Å²) < 4.78 is 0. The molecule has 0 aliphatic rings. The molecule has 1 aromatic heterocycles. The number of halogens is 1. The predicted molar refractivity (Wildman–Crippen MR) is 110 cm³/mol. The molecule has 0 fully saturated rings. The Kier molecular flexibility index (Phi) is 8.38.